The number of alkyl halides is 1. The second-order valence-corrected chi connectivity index (χ2v) is 14.3. The molecular weight excluding hydrogens is 602 g/mol. The molecule has 1 aliphatic heterocycles. The summed E-state index contributed by atoms with van der Waals surface area (Å²) in [5.74, 6) is 0.341. The monoisotopic (exact) mass is 652 g/mol. The maximum atomic E-state index is 15.8. The number of likely N-dealkylation sites (N-methyl/N-ethyl adjacent to an activating group) is 1. The highest BCUT2D eigenvalue weighted by atomic mass is 19.1. The summed E-state index contributed by atoms with van der Waals surface area (Å²) < 4.78 is 37.8. The van der Waals surface area contributed by atoms with E-state index in [1.54, 1.807) is 13.1 Å². The minimum absolute atomic E-state index is 0.0832. The minimum atomic E-state index is -1.76. The van der Waals surface area contributed by atoms with Crippen LogP contribution in [0.3, 0.4) is 0 Å². The van der Waals surface area contributed by atoms with E-state index in [9.17, 15) is 9.59 Å². The van der Waals surface area contributed by atoms with E-state index in [0.29, 0.717) is 18.6 Å². The normalized spacial score (nSPS) is 24.8. The van der Waals surface area contributed by atoms with Gasteiger partial charge in [-0.2, -0.15) is 0 Å². The molecule has 3 aliphatic carbocycles. The highest BCUT2D eigenvalue weighted by Gasteiger charge is 2.53. The number of hydrogen-bond acceptors (Lipinski definition) is 6. The summed E-state index contributed by atoms with van der Waals surface area (Å²) in [5, 5.41) is 6.13. The van der Waals surface area contributed by atoms with Gasteiger partial charge in [0.05, 0.1) is 11.5 Å². The molecule has 2 aromatic carbocycles. The molecule has 1 saturated heterocycles. The number of halogens is 2. The van der Waals surface area contributed by atoms with Gasteiger partial charge in [0, 0.05) is 37.5 Å². The van der Waals surface area contributed by atoms with Crippen LogP contribution in [-0.4, -0.2) is 56.2 Å². The van der Waals surface area contributed by atoms with Gasteiger partial charge in [-0.25, -0.2) is 8.78 Å². The predicted octanol–water partition coefficient (Wildman–Crippen LogP) is 6.94. The molecule has 3 atom stereocenters. The molecule has 9 heteroatoms. The summed E-state index contributed by atoms with van der Waals surface area (Å²) in [5.41, 5.74) is 0.409. The van der Waals surface area contributed by atoms with Gasteiger partial charge in [-0.05, 0) is 106 Å². The van der Waals surface area contributed by atoms with Crippen LogP contribution >= 0.6 is 0 Å². The van der Waals surface area contributed by atoms with Crippen LogP contribution < -0.4 is 15.4 Å². The number of nitrogens with one attached hydrogen (secondary N) is 2. The number of amides is 1. The molecule has 0 unspecified atom stereocenters. The first-order chi connectivity index (χ1) is 22.5. The predicted molar refractivity (Wildman–Crippen MR) is 179 cm³/mol. The Balaban J connectivity index is 0.00000120. The molecule has 0 bridgehead atoms. The molecular formula is C38H50F2N2O5. The van der Waals surface area contributed by atoms with E-state index in [0.717, 1.165) is 80.0 Å². The first kappa shape index (κ1) is 36.4. The van der Waals surface area contributed by atoms with E-state index in [1.807, 2.05) is 51.7 Å². The molecule has 7 nitrogen and oxygen atoms in total. The molecule has 6 rings (SSSR count). The van der Waals surface area contributed by atoms with Crippen molar-refractivity contribution < 1.29 is 32.7 Å². The Labute approximate surface area is 277 Å². The average Bonchev–Trinajstić information content (AvgIpc) is 3.79. The zero-order valence-electron chi connectivity index (χ0n) is 28.1. The van der Waals surface area contributed by atoms with Crippen molar-refractivity contribution >= 4 is 25.3 Å². The average molecular weight is 653 g/mol. The van der Waals surface area contributed by atoms with E-state index in [1.165, 1.54) is 6.07 Å². The molecule has 4 fully saturated rings. The van der Waals surface area contributed by atoms with Crippen molar-refractivity contribution in [2.24, 2.45) is 5.92 Å². The first-order valence-electron chi connectivity index (χ1n) is 16.9. The zero-order chi connectivity index (χ0) is 34.4. The van der Waals surface area contributed by atoms with Crippen LogP contribution in [0.5, 0.6) is 5.75 Å². The fraction of sp³-hybridized carbons (Fsp3) is 0.579. The third kappa shape index (κ3) is 7.50. The Hall–Kier alpha value is -3.46. The molecule has 0 radical (unpaired) electrons. The molecule has 4 aliphatic rings. The lowest BCUT2D eigenvalue weighted by molar-refractivity contribution is -0.130. The highest BCUT2D eigenvalue weighted by molar-refractivity contribution is 5.89. The highest BCUT2D eigenvalue weighted by Crippen LogP contribution is 2.47. The topological polar surface area (TPSA) is 102 Å². The Morgan fingerprint density at radius 3 is 2.34 bits per heavy atom. The molecule has 2 N–H and O–H groups in total. The van der Waals surface area contributed by atoms with Crippen molar-refractivity contribution in [3.05, 3.63) is 53.3 Å². The summed E-state index contributed by atoms with van der Waals surface area (Å²) in [6, 6.07) is 11.0. The fourth-order valence-electron chi connectivity index (χ4n) is 8.10. The fourth-order valence-corrected chi connectivity index (χ4v) is 8.10. The Morgan fingerprint density at radius 2 is 1.70 bits per heavy atom. The van der Waals surface area contributed by atoms with Gasteiger partial charge < -0.3 is 25.0 Å². The Morgan fingerprint density at radius 1 is 1.00 bits per heavy atom. The Bertz CT molecular complexity index is 1420. The van der Waals surface area contributed by atoms with Crippen molar-refractivity contribution in [1.29, 1.82) is 0 Å². The number of Topliss-reactive ketones (excluding diaryl/α,β-unsaturated/α-hetero) is 1. The van der Waals surface area contributed by atoms with Crippen molar-refractivity contribution in [2.45, 2.75) is 120 Å². The van der Waals surface area contributed by atoms with Crippen molar-refractivity contribution in [1.82, 2.24) is 10.6 Å². The van der Waals surface area contributed by atoms with Crippen molar-refractivity contribution in [3.63, 3.8) is 0 Å². The molecule has 47 heavy (non-hydrogen) atoms. The van der Waals surface area contributed by atoms with E-state index >= 15 is 8.78 Å². The van der Waals surface area contributed by atoms with Crippen LogP contribution in [-0.2, 0) is 24.6 Å². The van der Waals surface area contributed by atoms with E-state index in [-0.39, 0.29) is 54.0 Å². The van der Waals surface area contributed by atoms with E-state index in [4.69, 9.17) is 14.3 Å². The van der Waals surface area contributed by atoms with Crippen LogP contribution in [0.4, 0.5) is 8.78 Å². The number of hydrogen-bond donors (Lipinski definition) is 2. The van der Waals surface area contributed by atoms with E-state index < -0.39 is 11.1 Å². The molecule has 1 amide bonds. The van der Waals surface area contributed by atoms with Gasteiger partial charge in [0.15, 0.2) is 11.5 Å². The molecule has 1 heterocycles. The van der Waals surface area contributed by atoms with Crippen molar-refractivity contribution in [3.8, 4) is 16.9 Å². The first-order valence-corrected chi connectivity index (χ1v) is 16.9. The second kappa shape index (κ2) is 15.2. The summed E-state index contributed by atoms with van der Waals surface area (Å²) in [7, 11) is 1.63. The van der Waals surface area contributed by atoms with Gasteiger partial charge in [0.2, 0.25) is 5.91 Å². The quantitative estimate of drug-likeness (QED) is 0.305. The zero-order valence-corrected chi connectivity index (χ0v) is 28.1. The lowest BCUT2D eigenvalue weighted by Crippen LogP contribution is -2.38. The largest absolute Gasteiger partial charge is 0.490 e. The third-order valence-corrected chi connectivity index (χ3v) is 11.0. The van der Waals surface area contributed by atoms with Gasteiger partial charge in [-0.3, -0.25) is 9.59 Å². The number of carbonyl (C=O) groups is 4. The number of carbonyl (C=O) groups excluding carboxylic acids is 4. The lowest BCUT2D eigenvalue weighted by atomic mass is 9.76. The van der Waals surface area contributed by atoms with Gasteiger partial charge in [-0.1, -0.05) is 37.5 Å². The lowest BCUT2D eigenvalue weighted by Gasteiger charge is -2.30. The molecule has 1 spiro atoms. The number of rotatable bonds is 9. The third-order valence-electron chi connectivity index (χ3n) is 11.0. The van der Waals surface area contributed by atoms with Crippen LogP contribution in [0.25, 0.3) is 11.1 Å². The van der Waals surface area contributed by atoms with Crippen molar-refractivity contribution in [2.75, 3.05) is 13.6 Å². The van der Waals surface area contributed by atoms with Gasteiger partial charge in [-0.15, -0.1) is 0 Å². The van der Waals surface area contributed by atoms with Gasteiger partial charge in [0.1, 0.15) is 25.1 Å². The molecule has 256 valence electrons. The Kier molecular flexibility index (Phi) is 11.7. The smallest absolute Gasteiger partial charge is 0.229 e. The molecule has 2 aromatic rings. The minimum Gasteiger partial charge on any atom is -0.490 e. The SMILES string of the molecule is C=O.C=O.CNC(=O)C(C)(C)c1ccc(O[C@@H]2CC[C@@H](CC(=O)[C@@]3(F)CNC4(CCCC4)C3)C2)c(-c2cccc(F)c2C2CCC2)c1. The van der Waals surface area contributed by atoms with Gasteiger partial charge in [0.25, 0.3) is 0 Å². The molecule has 0 aromatic heterocycles. The van der Waals surface area contributed by atoms with Gasteiger partial charge >= 0.3 is 0 Å². The van der Waals surface area contributed by atoms with Crippen LogP contribution in [0.2, 0.25) is 0 Å². The summed E-state index contributed by atoms with van der Waals surface area (Å²) >= 11 is 0. The summed E-state index contributed by atoms with van der Waals surface area (Å²) in [6.45, 7) is 7.90. The second-order valence-electron chi connectivity index (χ2n) is 14.3. The summed E-state index contributed by atoms with van der Waals surface area (Å²) in [6.07, 6.45) is 9.84. The maximum Gasteiger partial charge on any atom is 0.229 e. The number of ketones is 1. The number of ether oxygens (including phenoxy) is 1. The number of benzene rings is 2. The maximum absolute atomic E-state index is 15.8. The molecule has 3 saturated carbocycles. The van der Waals surface area contributed by atoms with Crippen LogP contribution in [0.15, 0.2) is 36.4 Å². The van der Waals surface area contributed by atoms with Crippen LogP contribution in [0.1, 0.15) is 108 Å². The standard InChI is InChI=1S/C36H46F2N2O3.2CH2O/c1-34(2,33(42)39-3)25-13-15-30(28(20-25)27-10-7-11-29(37)32(27)24-8-6-9-24)43-26-14-12-23(18-26)19-31(41)36(38)21-35(40-22-36)16-4-5-17-35;2*1-2/h7,10-11,13,15,20,23-24,26,40H,4-6,8-9,12,14,16-19,21-22H2,1-3H3,(H,39,42);2*1H2/t23-,26-,36+;;/m1../s1. The summed E-state index contributed by atoms with van der Waals surface area (Å²) in [4.78, 5) is 42.0. The van der Waals surface area contributed by atoms with Crippen LogP contribution in [0, 0.1) is 11.7 Å². The van der Waals surface area contributed by atoms with E-state index in [2.05, 4.69) is 10.6 Å².